The molecule has 1 fully saturated rings. The van der Waals surface area contributed by atoms with Crippen LogP contribution in [0.1, 0.15) is 12.6 Å². The van der Waals surface area contributed by atoms with Crippen LogP contribution in [0.15, 0.2) is 36.9 Å². The highest BCUT2D eigenvalue weighted by Crippen LogP contribution is 2.33. The number of halogens is 1. The smallest absolute Gasteiger partial charge is 0.319 e. The summed E-state index contributed by atoms with van der Waals surface area (Å²) in [7, 11) is 0. The first kappa shape index (κ1) is 23.5. The predicted octanol–water partition coefficient (Wildman–Crippen LogP) is 1.63. The Balaban J connectivity index is 1.19. The number of nitrogens with one attached hydrogen (secondary N) is 2. The van der Waals surface area contributed by atoms with Gasteiger partial charge in [0.2, 0.25) is 0 Å². The molecule has 2 amide bonds. The maximum Gasteiger partial charge on any atom is 0.319 e. The zero-order valence-corrected chi connectivity index (χ0v) is 19.0. The van der Waals surface area contributed by atoms with Crippen LogP contribution in [-0.2, 0) is 4.74 Å². The average molecular weight is 494 g/mol. The summed E-state index contributed by atoms with van der Waals surface area (Å²) in [6.45, 7) is 0.494. The quantitative estimate of drug-likeness (QED) is 0.294. The van der Waals surface area contributed by atoms with E-state index in [4.69, 9.17) is 22.1 Å². The zero-order chi connectivity index (χ0) is 23.4. The molecule has 1 aliphatic rings. The Kier molecular flexibility index (Phi) is 7.50. The molecule has 0 aliphatic carbocycles. The fourth-order valence-corrected chi connectivity index (χ4v) is 4.59. The molecule has 1 saturated heterocycles. The summed E-state index contributed by atoms with van der Waals surface area (Å²) in [6, 6.07) is 6.56. The third-order valence-corrected chi connectivity index (χ3v) is 6.53. The summed E-state index contributed by atoms with van der Waals surface area (Å²) in [4.78, 5) is 24.1. The van der Waals surface area contributed by atoms with Crippen molar-refractivity contribution in [1.82, 2.24) is 24.8 Å². The molecule has 6 N–H and O–H groups in total. The maximum absolute atomic E-state index is 11.9. The minimum atomic E-state index is -1.14. The van der Waals surface area contributed by atoms with Gasteiger partial charge in [0.05, 0.1) is 12.4 Å². The highest BCUT2D eigenvalue weighted by molar-refractivity contribution is 7.99. The van der Waals surface area contributed by atoms with Gasteiger partial charge in [-0.1, -0.05) is 11.6 Å². The van der Waals surface area contributed by atoms with Crippen LogP contribution in [-0.4, -0.2) is 72.1 Å². The number of ether oxygens (including phenoxy) is 1. The SMILES string of the molecule is Nc1ncnc2c1ncn2[C@@H]1O[C@H](CSCCCNC(=O)Nc2ccc(Cl)cc2)[C@@H](O)[C@H]1O. The number of hydrogen-bond donors (Lipinski definition) is 5. The molecule has 1 aromatic carbocycles. The van der Waals surface area contributed by atoms with Crippen molar-refractivity contribution in [3.63, 3.8) is 0 Å². The van der Waals surface area contributed by atoms with Crippen LogP contribution in [0.3, 0.4) is 0 Å². The summed E-state index contributed by atoms with van der Waals surface area (Å²) in [6.07, 6.45) is -0.0755. The summed E-state index contributed by atoms with van der Waals surface area (Å²) in [5, 5.41) is 27.0. The van der Waals surface area contributed by atoms with Crippen LogP contribution in [0.25, 0.3) is 11.2 Å². The molecule has 0 bridgehead atoms. The second kappa shape index (κ2) is 10.5. The lowest BCUT2D eigenvalue weighted by molar-refractivity contribution is -0.0289. The Hall–Kier alpha value is -2.64. The number of thioether (sulfide) groups is 1. The first-order valence-electron chi connectivity index (χ1n) is 10.3. The minimum absolute atomic E-state index is 0.231. The van der Waals surface area contributed by atoms with Crippen LogP contribution >= 0.6 is 23.4 Å². The van der Waals surface area contributed by atoms with Crippen molar-refractivity contribution in [2.75, 3.05) is 29.1 Å². The lowest BCUT2D eigenvalue weighted by atomic mass is 10.1. The fourth-order valence-electron chi connectivity index (χ4n) is 3.44. The number of aromatic nitrogens is 4. The van der Waals surface area contributed by atoms with Gasteiger partial charge in [0, 0.05) is 23.0 Å². The number of carbonyl (C=O) groups is 1. The first-order chi connectivity index (χ1) is 15.9. The highest BCUT2D eigenvalue weighted by atomic mass is 35.5. The van der Waals surface area contributed by atoms with E-state index in [1.54, 1.807) is 40.6 Å². The number of nitrogens with two attached hydrogens (primary N) is 1. The van der Waals surface area contributed by atoms with Gasteiger partial charge in [-0.25, -0.2) is 19.7 Å². The molecule has 0 spiro atoms. The number of nitrogen functional groups attached to an aromatic ring is 1. The van der Waals surface area contributed by atoms with Crippen molar-refractivity contribution in [1.29, 1.82) is 0 Å². The number of anilines is 2. The number of rotatable bonds is 8. The molecule has 4 rings (SSSR count). The topological polar surface area (TPSA) is 160 Å². The third kappa shape index (κ3) is 5.47. The monoisotopic (exact) mass is 493 g/mol. The molecular weight excluding hydrogens is 470 g/mol. The van der Waals surface area contributed by atoms with Crippen molar-refractivity contribution in [3.8, 4) is 0 Å². The fraction of sp³-hybridized carbons (Fsp3) is 0.400. The zero-order valence-electron chi connectivity index (χ0n) is 17.5. The lowest BCUT2D eigenvalue weighted by Gasteiger charge is -2.16. The minimum Gasteiger partial charge on any atom is -0.387 e. The standard InChI is InChI=1S/C20H24ClN7O4S/c21-11-2-4-12(5-3-11)27-20(31)23-6-1-7-33-8-13-15(29)16(30)19(32-13)28-10-26-14-17(22)24-9-25-18(14)28/h2-5,9-10,13,15-16,19,29-30H,1,6-8H2,(H2,22,24,25)(H2,23,27,31)/t13-,15-,16-,19-/m1/s1. The number of fused-ring (bicyclic) bond motifs is 1. The normalized spacial score (nSPS) is 22.5. The van der Waals surface area contributed by atoms with Gasteiger partial charge in [-0.15, -0.1) is 0 Å². The number of amides is 2. The third-order valence-electron chi connectivity index (χ3n) is 5.13. The van der Waals surface area contributed by atoms with E-state index in [2.05, 4.69) is 25.6 Å². The number of aliphatic hydroxyl groups is 2. The Labute approximate surface area is 198 Å². The maximum atomic E-state index is 11.9. The molecular formula is C20H24ClN7O4S. The van der Waals surface area contributed by atoms with Gasteiger partial charge in [-0.2, -0.15) is 11.8 Å². The van der Waals surface area contributed by atoms with Gasteiger partial charge in [-0.3, -0.25) is 4.57 Å². The molecule has 2 aromatic heterocycles. The molecule has 1 aliphatic heterocycles. The summed E-state index contributed by atoms with van der Waals surface area (Å²) >= 11 is 7.39. The van der Waals surface area contributed by atoms with Gasteiger partial charge < -0.3 is 31.3 Å². The Bertz CT molecular complexity index is 1100. The average Bonchev–Trinajstić information content (AvgIpc) is 3.35. The molecule has 11 nitrogen and oxygen atoms in total. The van der Waals surface area contributed by atoms with E-state index in [-0.39, 0.29) is 11.8 Å². The molecule has 13 heteroatoms. The van der Waals surface area contributed by atoms with E-state index in [9.17, 15) is 15.0 Å². The summed E-state index contributed by atoms with van der Waals surface area (Å²) in [5.74, 6) is 1.45. The second-order valence-electron chi connectivity index (χ2n) is 7.45. The highest BCUT2D eigenvalue weighted by Gasteiger charge is 2.44. The molecule has 0 radical (unpaired) electrons. The van der Waals surface area contributed by atoms with E-state index in [0.717, 1.165) is 12.2 Å². The van der Waals surface area contributed by atoms with Crippen molar-refractivity contribution in [2.45, 2.75) is 31.0 Å². The van der Waals surface area contributed by atoms with Gasteiger partial charge in [0.1, 0.15) is 24.1 Å². The largest absolute Gasteiger partial charge is 0.387 e. The molecule has 0 saturated carbocycles. The summed E-state index contributed by atoms with van der Waals surface area (Å²) in [5.41, 5.74) is 7.30. The number of urea groups is 1. The Morgan fingerprint density at radius 1 is 1.21 bits per heavy atom. The van der Waals surface area contributed by atoms with Gasteiger partial charge in [0.25, 0.3) is 0 Å². The number of carbonyl (C=O) groups excluding carboxylic acids is 1. The number of hydrogen-bond acceptors (Lipinski definition) is 9. The van der Waals surface area contributed by atoms with Crippen LogP contribution in [0.2, 0.25) is 5.02 Å². The van der Waals surface area contributed by atoms with Gasteiger partial charge >= 0.3 is 6.03 Å². The van der Waals surface area contributed by atoms with Gasteiger partial charge in [-0.05, 0) is 36.4 Å². The first-order valence-corrected chi connectivity index (χ1v) is 11.8. The van der Waals surface area contributed by atoms with E-state index in [1.807, 2.05) is 0 Å². The second-order valence-corrected chi connectivity index (χ2v) is 9.03. The van der Waals surface area contributed by atoms with E-state index in [0.29, 0.717) is 34.2 Å². The van der Waals surface area contributed by atoms with Crippen molar-refractivity contribution >= 4 is 52.1 Å². The molecule has 3 heterocycles. The van der Waals surface area contributed by atoms with Gasteiger partial charge in [0.15, 0.2) is 17.7 Å². The molecule has 3 aromatic rings. The lowest BCUT2D eigenvalue weighted by Crippen LogP contribution is -2.32. The van der Waals surface area contributed by atoms with Crippen LogP contribution in [0, 0.1) is 0 Å². The van der Waals surface area contributed by atoms with Crippen molar-refractivity contribution in [3.05, 3.63) is 41.9 Å². The number of benzene rings is 1. The van der Waals surface area contributed by atoms with E-state index in [1.165, 1.54) is 12.7 Å². The molecule has 176 valence electrons. The van der Waals surface area contributed by atoms with Crippen LogP contribution < -0.4 is 16.4 Å². The predicted molar refractivity (Wildman–Crippen MR) is 126 cm³/mol. The van der Waals surface area contributed by atoms with Crippen LogP contribution in [0.4, 0.5) is 16.3 Å². The van der Waals surface area contributed by atoms with E-state index >= 15 is 0 Å². The number of nitrogens with zero attached hydrogens (tertiary/aromatic N) is 4. The summed E-state index contributed by atoms with van der Waals surface area (Å²) < 4.78 is 7.46. The van der Waals surface area contributed by atoms with Crippen LogP contribution in [0.5, 0.6) is 0 Å². The van der Waals surface area contributed by atoms with Crippen molar-refractivity contribution < 1.29 is 19.7 Å². The van der Waals surface area contributed by atoms with Crippen molar-refractivity contribution in [2.24, 2.45) is 0 Å². The Morgan fingerprint density at radius 2 is 2.00 bits per heavy atom. The Morgan fingerprint density at radius 3 is 2.79 bits per heavy atom. The molecule has 4 atom stereocenters. The number of aliphatic hydroxyl groups excluding tert-OH is 2. The number of imidazole rings is 1. The molecule has 0 unspecified atom stereocenters. The van der Waals surface area contributed by atoms with E-state index < -0.39 is 24.5 Å². The molecule has 33 heavy (non-hydrogen) atoms.